The van der Waals surface area contributed by atoms with Gasteiger partial charge < -0.3 is 20.2 Å². The van der Waals surface area contributed by atoms with Gasteiger partial charge in [-0.3, -0.25) is 0 Å². The largest absolute Gasteiger partial charge is 0.516 e. The highest BCUT2D eigenvalue weighted by Crippen LogP contribution is 2.57. The minimum absolute atomic E-state index is 0.264. The van der Waals surface area contributed by atoms with Crippen LogP contribution in [0.4, 0.5) is 4.79 Å². The van der Waals surface area contributed by atoms with E-state index in [-0.39, 0.29) is 6.42 Å². The molecule has 0 aliphatic heterocycles. The van der Waals surface area contributed by atoms with Crippen LogP contribution >= 0.6 is 0 Å². The van der Waals surface area contributed by atoms with Crippen LogP contribution in [0.1, 0.15) is 51.0 Å². The number of aromatic nitrogens is 1. The molecule has 6 rings (SSSR count). The smallest absolute Gasteiger partial charge is 0.427 e. The van der Waals surface area contributed by atoms with E-state index in [1.54, 1.807) is 6.92 Å². The molecule has 1 atom stereocenters. The molecule has 3 N–H and O–H groups in total. The van der Waals surface area contributed by atoms with E-state index < -0.39 is 23.3 Å². The van der Waals surface area contributed by atoms with Gasteiger partial charge in [0.15, 0.2) is 0 Å². The van der Waals surface area contributed by atoms with Gasteiger partial charge in [-0.2, -0.15) is 0 Å². The fourth-order valence-corrected chi connectivity index (χ4v) is 6.29. The predicted octanol–water partition coefficient (Wildman–Crippen LogP) is 4.08. The summed E-state index contributed by atoms with van der Waals surface area (Å²) >= 11 is 0. The van der Waals surface area contributed by atoms with Gasteiger partial charge in [0, 0.05) is 23.5 Å². The third-order valence-electron chi connectivity index (χ3n) is 7.16. The van der Waals surface area contributed by atoms with Gasteiger partial charge in [0.05, 0.1) is 0 Å². The normalized spacial score (nSPS) is 32.1. The summed E-state index contributed by atoms with van der Waals surface area (Å²) in [5, 5.41) is 1.01. The van der Waals surface area contributed by atoms with Crippen molar-refractivity contribution in [2.75, 3.05) is 0 Å². The highest BCUT2D eigenvalue weighted by Gasteiger charge is 2.53. The maximum absolute atomic E-state index is 12.7. The van der Waals surface area contributed by atoms with Gasteiger partial charge in [0.25, 0.3) is 0 Å². The van der Waals surface area contributed by atoms with Crippen molar-refractivity contribution >= 4 is 23.0 Å². The Bertz CT molecular complexity index is 925. The number of carbonyl (C=O) groups excluding carboxylic acids is 2. The van der Waals surface area contributed by atoms with E-state index >= 15 is 0 Å². The summed E-state index contributed by atoms with van der Waals surface area (Å²) in [6.07, 6.45) is 7.67. The van der Waals surface area contributed by atoms with Crippen LogP contribution in [-0.2, 0) is 20.7 Å². The zero-order valence-electron chi connectivity index (χ0n) is 16.8. The molecule has 4 aliphatic rings. The summed E-state index contributed by atoms with van der Waals surface area (Å²) in [5.41, 5.74) is 6.38. The van der Waals surface area contributed by atoms with Gasteiger partial charge in [-0.1, -0.05) is 18.2 Å². The molecule has 1 heterocycles. The van der Waals surface area contributed by atoms with Crippen molar-refractivity contribution in [3.63, 3.8) is 0 Å². The minimum Gasteiger partial charge on any atom is -0.427 e. The maximum Gasteiger partial charge on any atom is 0.516 e. The van der Waals surface area contributed by atoms with E-state index in [1.165, 1.54) is 19.3 Å². The number of ether oxygens (including phenoxy) is 2. The summed E-state index contributed by atoms with van der Waals surface area (Å²) in [6.45, 7) is 1.59. The van der Waals surface area contributed by atoms with E-state index in [9.17, 15) is 9.59 Å². The maximum atomic E-state index is 12.7. The molecular formula is C23H28N2O4. The van der Waals surface area contributed by atoms with Gasteiger partial charge in [-0.15, -0.1) is 0 Å². The van der Waals surface area contributed by atoms with Crippen molar-refractivity contribution < 1.29 is 19.1 Å². The molecule has 29 heavy (non-hydrogen) atoms. The van der Waals surface area contributed by atoms with Crippen LogP contribution in [0.2, 0.25) is 0 Å². The first kappa shape index (κ1) is 18.7. The number of rotatable bonds is 4. The number of fused-ring (bicyclic) bond motifs is 1. The number of carbonyl (C=O) groups is 2. The number of nitrogens with two attached hydrogens (primary N) is 1. The molecule has 1 aromatic heterocycles. The lowest BCUT2D eigenvalue weighted by molar-refractivity contribution is -0.160. The number of benzene rings is 1. The van der Waals surface area contributed by atoms with Gasteiger partial charge in [0.1, 0.15) is 11.1 Å². The second kappa shape index (κ2) is 6.59. The van der Waals surface area contributed by atoms with Crippen LogP contribution in [0.25, 0.3) is 10.9 Å². The molecule has 0 radical (unpaired) electrons. The molecule has 6 nitrogen and oxygen atoms in total. The van der Waals surface area contributed by atoms with Crippen molar-refractivity contribution in [3.05, 3.63) is 36.0 Å². The summed E-state index contributed by atoms with van der Waals surface area (Å²) in [5.74, 6) is 1.18. The molecule has 154 valence electrons. The Hall–Kier alpha value is -2.34. The van der Waals surface area contributed by atoms with Crippen LogP contribution in [0.5, 0.6) is 0 Å². The molecule has 1 aromatic carbocycles. The first-order chi connectivity index (χ1) is 13.8. The lowest BCUT2D eigenvalue weighted by Gasteiger charge is -2.55. The first-order valence-electron chi connectivity index (χ1n) is 10.6. The summed E-state index contributed by atoms with van der Waals surface area (Å²) in [6, 6.07) is 7.82. The number of nitrogens with one attached hydrogen (secondary N) is 1. The third kappa shape index (κ3) is 3.44. The topological polar surface area (TPSA) is 94.4 Å². The fourth-order valence-electron chi connectivity index (χ4n) is 6.29. The highest BCUT2D eigenvalue weighted by atomic mass is 16.7. The molecule has 2 aromatic rings. The number of esters is 1. The monoisotopic (exact) mass is 396 g/mol. The lowest BCUT2D eigenvalue weighted by atomic mass is 9.54. The van der Waals surface area contributed by atoms with Gasteiger partial charge in [-0.05, 0) is 74.8 Å². The van der Waals surface area contributed by atoms with Gasteiger partial charge in [-0.25, -0.2) is 9.59 Å². The quantitative estimate of drug-likeness (QED) is 0.600. The number of H-pyrrole nitrogens is 1. The number of aromatic amines is 1. The van der Waals surface area contributed by atoms with E-state index in [2.05, 4.69) is 4.98 Å². The fraction of sp³-hybridized carbons (Fsp3) is 0.565. The second-order valence-electron chi connectivity index (χ2n) is 9.80. The van der Waals surface area contributed by atoms with Crippen molar-refractivity contribution in [3.8, 4) is 0 Å². The Morgan fingerprint density at radius 1 is 1.14 bits per heavy atom. The summed E-state index contributed by atoms with van der Waals surface area (Å²) < 4.78 is 10.9. The lowest BCUT2D eigenvalue weighted by Crippen LogP contribution is -2.54. The molecule has 0 spiro atoms. The Labute approximate surface area is 170 Å². The molecule has 0 amide bonds. The Balaban J connectivity index is 1.24. The summed E-state index contributed by atoms with van der Waals surface area (Å²) in [4.78, 5) is 28.3. The molecule has 4 saturated carbocycles. The molecule has 0 saturated heterocycles. The van der Waals surface area contributed by atoms with E-state index in [0.717, 1.165) is 35.7 Å². The molecule has 4 aliphatic carbocycles. The van der Waals surface area contributed by atoms with Crippen molar-refractivity contribution in [1.29, 1.82) is 0 Å². The molecule has 1 unspecified atom stereocenters. The number of hydrogen-bond donors (Lipinski definition) is 2. The number of para-hydroxylation sites is 1. The predicted molar refractivity (Wildman–Crippen MR) is 108 cm³/mol. The number of hydrogen-bond acceptors (Lipinski definition) is 5. The second-order valence-corrected chi connectivity index (χ2v) is 9.80. The molecule has 4 fully saturated rings. The van der Waals surface area contributed by atoms with Crippen LogP contribution in [0.3, 0.4) is 0 Å². The molecule has 4 bridgehead atoms. The van der Waals surface area contributed by atoms with Crippen molar-refractivity contribution in [1.82, 2.24) is 4.98 Å². The average Bonchev–Trinajstić information content (AvgIpc) is 3.02. The zero-order chi connectivity index (χ0) is 20.2. The zero-order valence-corrected chi connectivity index (χ0v) is 16.8. The standard InChI is InChI=1S/C23H28N2O4/c1-22(24,12-17-13-25-19-5-3-2-4-18(17)19)20(26)28-21(27)29-23-9-14-6-15(10-23)8-16(7-14)11-23/h2-5,13-16,25H,6-12,24H2,1H3. The van der Waals surface area contributed by atoms with Crippen LogP contribution in [0.15, 0.2) is 30.5 Å². The SMILES string of the molecule is CC(N)(Cc1c[nH]c2ccccc12)C(=O)OC(=O)OC12CC3CC(CC(C3)C1)C2. The Kier molecular flexibility index (Phi) is 4.24. The van der Waals surface area contributed by atoms with Gasteiger partial charge in [0.2, 0.25) is 0 Å². The molecule has 6 heteroatoms. The van der Waals surface area contributed by atoms with Gasteiger partial charge >= 0.3 is 12.1 Å². The minimum atomic E-state index is -1.33. The van der Waals surface area contributed by atoms with Crippen molar-refractivity contribution in [2.24, 2.45) is 23.5 Å². The van der Waals surface area contributed by atoms with Crippen LogP contribution in [0, 0.1) is 17.8 Å². The first-order valence-corrected chi connectivity index (χ1v) is 10.6. The van der Waals surface area contributed by atoms with E-state index in [1.807, 2.05) is 30.5 Å². The highest BCUT2D eigenvalue weighted by molar-refractivity contribution is 5.90. The Morgan fingerprint density at radius 3 is 2.41 bits per heavy atom. The third-order valence-corrected chi connectivity index (χ3v) is 7.16. The van der Waals surface area contributed by atoms with E-state index in [0.29, 0.717) is 17.8 Å². The van der Waals surface area contributed by atoms with Crippen LogP contribution < -0.4 is 5.73 Å². The average molecular weight is 396 g/mol. The summed E-state index contributed by atoms with van der Waals surface area (Å²) in [7, 11) is 0. The van der Waals surface area contributed by atoms with Crippen LogP contribution in [-0.4, -0.2) is 28.2 Å². The molecular weight excluding hydrogens is 368 g/mol. The van der Waals surface area contributed by atoms with E-state index in [4.69, 9.17) is 15.2 Å². The Morgan fingerprint density at radius 2 is 1.76 bits per heavy atom. The van der Waals surface area contributed by atoms with Crippen molar-refractivity contribution in [2.45, 2.75) is 63.0 Å².